The third-order valence-electron chi connectivity index (χ3n) is 3.77. The first-order valence-electron chi connectivity index (χ1n) is 7.17. The van der Waals surface area contributed by atoms with Gasteiger partial charge in [-0.3, -0.25) is 0 Å². The maximum absolute atomic E-state index is 10.2. The number of rotatable bonds is 6. The van der Waals surface area contributed by atoms with Crippen molar-refractivity contribution in [1.82, 2.24) is 0 Å². The summed E-state index contributed by atoms with van der Waals surface area (Å²) in [5.41, 5.74) is 2.29. The number of benzene rings is 1. The molecule has 100 valence electrons. The van der Waals surface area contributed by atoms with Crippen LogP contribution in [0, 0.1) is 5.92 Å². The maximum atomic E-state index is 10.2. The Hall–Kier alpha value is -1.02. The molecule has 1 aliphatic rings. The Kier molecular flexibility index (Phi) is 4.28. The van der Waals surface area contributed by atoms with Gasteiger partial charge in [-0.2, -0.15) is 0 Å². The van der Waals surface area contributed by atoms with Crippen molar-refractivity contribution < 1.29 is 5.11 Å². The Bertz CT molecular complexity index is 384. The minimum Gasteiger partial charge on any atom is -0.388 e. The van der Waals surface area contributed by atoms with E-state index in [9.17, 15) is 5.11 Å². The summed E-state index contributed by atoms with van der Waals surface area (Å²) in [6, 6.07) is 8.79. The normalized spacial score (nSPS) is 16.9. The number of anilines is 1. The van der Waals surface area contributed by atoms with Crippen LogP contribution in [0.15, 0.2) is 24.3 Å². The summed E-state index contributed by atoms with van der Waals surface area (Å²) >= 11 is 0. The molecule has 1 aromatic rings. The topological polar surface area (TPSA) is 23.5 Å². The van der Waals surface area contributed by atoms with Crippen LogP contribution in [0.5, 0.6) is 0 Å². The Morgan fingerprint density at radius 1 is 1.28 bits per heavy atom. The quantitative estimate of drug-likeness (QED) is 0.827. The van der Waals surface area contributed by atoms with Crippen LogP contribution >= 0.6 is 0 Å². The fourth-order valence-corrected chi connectivity index (χ4v) is 2.42. The van der Waals surface area contributed by atoms with Gasteiger partial charge in [-0.05, 0) is 45.1 Å². The molecule has 1 aromatic carbocycles. The van der Waals surface area contributed by atoms with Gasteiger partial charge < -0.3 is 10.0 Å². The second-order valence-corrected chi connectivity index (χ2v) is 5.67. The SMILES string of the molecule is CCC(O)c1ccccc1N(CC1CC1)C(C)C. The van der Waals surface area contributed by atoms with Crippen molar-refractivity contribution in [3.05, 3.63) is 29.8 Å². The van der Waals surface area contributed by atoms with Gasteiger partial charge >= 0.3 is 0 Å². The number of aliphatic hydroxyl groups excluding tert-OH is 1. The molecule has 0 aromatic heterocycles. The van der Waals surface area contributed by atoms with E-state index in [1.54, 1.807) is 0 Å². The summed E-state index contributed by atoms with van der Waals surface area (Å²) in [5, 5.41) is 10.2. The average Bonchev–Trinajstić information content (AvgIpc) is 3.18. The van der Waals surface area contributed by atoms with Crippen LogP contribution in [0.25, 0.3) is 0 Å². The van der Waals surface area contributed by atoms with Crippen molar-refractivity contribution in [1.29, 1.82) is 0 Å². The minimum absolute atomic E-state index is 0.346. The highest BCUT2D eigenvalue weighted by atomic mass is 16.3. The predicted molar refractivity (Wildman–Crippen MR) is 76.9 cm³/mol. The molecule has 1 atom stereocenters. The van der Waals surface area contributed by atoms with E-state index in [1.807, 2.05) is 13.0 Å². The van der Waals surface area contributed by atoms with Crippen LogP contribution in [0.3, 0.4) is 0 Å². The smallest absolute Gasteiger partial charge is 0.0807 e. The molecule has 1 unspecified atom stereocenters. The molecule has 1 aliphatic carbocycles. The van der Waals surface area contributed by atoms with Gasteiger partial charge in [0.1, 0.15) is 0 Å². The Morgan fingerprint density at radius 3 is 2.50 bits per heavy atom. The zero-order chi connectivity index (χ0) is 13.1. The molecule has 0 spiro atoms. The second-order valence-electron chi connectivity index (χ2n) is 5.67. The molecule has 0 saturated heterocycles. The molecule has 0 bridgehead atoms. The molecule has 0 aliphatic heterocycles. The highest BCUT2D eigenvalue weighted by Crippen LogP contribution is 2.35. The third-order valence-corrected chi connectivity index (χ3v) is 3.77. The third kappa shape index (κ3) is 3.05. The fourth-order valence-electron chi connectivity index (χ4n) is 2.42. The minimum atomic E-state index is -0.346. The summed E-state index contributed by atoms with van der Waals surface area (Å²) in [7, 11) is 0. The van der Waals surface area contributed by atoms with E-state index in [-0.39, 0.29) is 6.10 Å². The Balaban J connectivity index is 2.27. The monoisotopic (exact) mass is 247 g/mol. The molecule has 2 nitrogen and oxygen atoms in total. The second kappa shape index (κ2) is 5.75. The van der Waals surface area contributed by atoms with Gasteiger partial charge in [0.2, 0.25) is 0 Å². The molecule has 0 radical (unpaired) electrons. The largest absolute Gasteiger partial charge is 0.388 e. The zero-order valence-corrected chi connectivity index (χ0v) is 11.8. The van der Waals surface area contributed by atoms with Crippen molar-refractivity contribution in [3.8, 4) is 0 Å². The Morgan fingerprint density at radius 2 is 1.94 bits per heavy atom. The van der Waals surface area contributed by atoms with E-state index >= 15 is 0 Å². The number of aliphatic hydroxyl groups is 1. The van der Waals surface area contributed by atoms with Crippen molar-refractivity contribution in [2.45, 2.75) is 52.2 Å². The van der Waals surface area contributed by atoms with E-state index in [0.29, 0.717) is 6.04 Å². The summed E-state index contributed by atoms with van der Waals surface area (Å²) in [4.78, 5) is 2.45. The van der Waals surface area contributed by atoms with Crippen LogP contribution in [-0.2, 0) is 0 Å². The summed E-state index contributed by atoms with van der Waals surface area (Å²) in [6.07, 6.45) is 3.15. The highest BCUT2D eigenvalue weighted by molar-refractivity contribution is 5.55. The van der Waals surface area contributed by atoms with Crippen molar-refractivity contribution in [2.75, 3.05) is 11.4 Å². The van der Waals surface area contributed by atoms with Gasteiger partial charge in [0.15, 0.2) is 0 Å². The molecular weight excluding hydrogens is 222 g/mol. The number of nitrogens with zero attached hydrogens (tertiary/aromatic N) is 1. The standard InChI is InChI=1S/C16H25NO/c1-4-16(18)14-7-5-6-8-15(14)17(12(2)3)11-13-9-10-13/h5-8,12-13,16,18H,4,9-11H2,1-3H3. The van der Waals surface area contributed by atoms with Crippen molar-refractivity contribution >= 4 is 5.69 Å². The lowest BCUT2D eigenvalue weighted by atomic mass is 10.0. The zero-order valence-electron chi connectivity index (χ0n) is 11.8. The first kappa shape index (κ1) is 13.4. The van der Waals surface area contributed by atoms with Gasteiger partial charge in [0.25, 0.3) is 0 Å². The van der Waals surface area contributed by atoms with Crippen molar-refractivity contribution in [2.24, 2.45) is 5.92 Å². The van der Waals surface area contributed by atoms with E-state index in [1.165, 1.54) is 18.5 Å². The first-order chi connectivity index (χ1) is 8.63. The van der Waals surface area contributed by atoms with E-state index in [4.69, 9.17) is 0 Å². The Labute approximate surface area is 111 Å². The number of hydrogen-bond donors (Lipinski definition) is 1. The van der Waals surface area contributed by atoms with Crippen LogP contribution in [0.2, 0.25) is 0 Å². The summed E-state index contributed by atoms with van der Waals surface area (Å²) < 4.78 is 0. The molecule has 2 rings (SSSR count). The molecular formula is C16H25NO. The van der Waals surface area contributed by atoms with Gasteiger partial charge in [-0.15, -0.1) is 0 Å². The lowest BCUT2D eigenvalue weighted by Crippen LogP contribution is -2.33. The average molecular weight is 247 g/mol. The summed E-state index contributed by atoms with van der Waals surface area (Å²) in [6.45, 7) is 7.63. The van der Waals surface area contributed by atoms with Crippen LogP contribution in [0.1, 0.15) is 51.7 Å². The molecule has 1 fully saturated rings. The highest BCUT2D eigenvalue weighted by Gasteiger charge is 2.27. The number of para-hydroxylation sites is 1. The first-order valence-corrected chi connectivity index (χ1v) is 7.17. The molecule has 1 saturated carbocycles. The lowest BCUT2D eigenvalue weighted by molar-refractivity contribution is 0.174. The van der Waals surface area contributed by atoms with E-state index in [0.717, 1.165) is 24.4 Å². The predicted octanol–water partition coefficient (Wildman–Crippen LogP) is 3.75. The molecule has 0 amide bonds. The van der Waals surface area contributed by atoms with Crippen LogP contribution < -0.4 is 4.90 Å². The summed E-state index contributed by atoms with van der Waals surface area (Å²) in [5.74, 6) is 0.860. The van der Waals surface area contributed by atoms with E-state index < -0.39 is 0 Å². The van der Waals surface area contributed by atoms with Crippen LogP contribution in [0.4, 0.5) is 5.69 Å². The van der Waals surface area contributed by atoms with E-state index in [2.05, 4.69) is 36.9 Å². The maximum Gasteiger partial charge on any atom is 0.0807 e. The van der Waals surface area contributed by atoms with Gasteiger partial charge in [0.05, 0.1) is 6.10 Å². The molecule has 0 heterocycles. The van der Waals surface area contributed by atoms with Gasteiger partial charge in [-0.1, -0.05) is 25.1 Å². The lowest BCUT2D eigenvalue weighted by Gasteiger charge is -2.32. The van der Waals surface area contributed by atoms with Gasteiger partial charge in [-0.25, -0.2) is 0 Å². The van der Waals surface area contributed by atoms with Crippen molar-refractivity contribution in [3.63, 3.8) is 0 Å². The van der Waals surface area contributed by atoms with Gasteiger partial charge in [0, 0.05) is 23.8 Å². The molecule has 18 heavy (non-hydrogen) atoms. The molecule has 1 N–H and O–H groups in total. The number of hydrogen-bond acceptors (Lipinski definition) is 2. The fraction of sp³-hybridized carbons (Fsp3) is 0.625. The molecule has 2 heteroatoms. The van der Waals surface area contributed by atoms with Crippen LogP contribution in [-0.4, -0.2) is 17.7 Å².